The van der Waals surface area contributed by atoms with Gasteiger partial charge in [0.2, 0.25) is 0 Å². The summed E-state index contributed by atoms with van der Waals surface area (Å²) >= 11 is 0. The Bertz CT molecular complexity index is 1330. The van der Waals surface area contributed by atoms with Gasteiger partial charge in [0.25, 0.3) is 0 Å². The molecule has 7 heteroatoms. The number of aromatic nitrogens is 5. The lowest BCUT2D eigenvalue weighted by molar-refractivity contribution is 0.628. The Kier molecular flexibility index (Phi) is 4.28. The zero-order valence-corrected chi connectivity index (χ0v) is 16.5. The molecule has 3 aromatic heterocycles. The van der Waals surface area contributed by atoms with Crippen molar-refractivity contribution < 1.29 is 4.39 Å². The fourth-order valence-corrected chi connectivity index (χ4v) is 3.49. The minimum absolute atomic E-state index is 0.264. The molecule has 0 spiro atoms. The number of para-hydroxylation sites is 1. The van der Waals surface area contributed by atoms with Crippen LogP contribution in [0.15, 0.2) is 73.3 Å². The van der Waals surface area contributed by atoms with E-state index in [0.717, 1.165) is 45.3 Å². The minimum atomic E-state index is -0.264. The smallest absolute Gasteiger partial charge is 0.140 e. The van der Waals surface area contributed by atoms with Crippen molar-refractivity contribution in [3.63, 3.8) is 0 Å². The molecular weight excluding hydrogens is 379 g/mol. The standard InChI is InChI=1S/C23H19FN6/c1-15-13-30(14-26-15)18-10-11-21(25-12-18)27-19-4-3-5-20-22(19)28-23(29(20)2)16-6-8-17(24)9-7-16/h3-14H,1-2H3,(H,25,27). The number of nitrogens with zero attached hydrogens (tertiary/aromatic N) is 5. The summed E-state index contributed by atoms with van der Waals surface area (Å²) in [6.45, 7) is 1.95. The molecule has 0 unspecified atom stereocenters. The van der Waals surface area contributed by atoms with E-state index in [-0.39, 0.29) is 5.82 Å². The van der Waals surface area contributed by atoms with E-state index in [1.54, 1.807) is 24.7 Å². The van der Waals surface area contributed by atoms with Crippen molar-refractivity contribution in [2.75, 3.05) is 5.32 Å². The average molecular weight is 398 g/mol. The second kappa shape index (κ2) is 7.11. The lowest BCUT2D eigenvalue weighted by Gasteiger charge is -2.08. The van der Waals surface area contributed by atoms with E-state index in [0.29, 0.717) is 0 Å². The SMILES string of the molecule is Cc1cn(-c2ccc(Nc3cccc4c3nc(-c3ccc(F)cc3)n4C)nc2)cn1. The molecule has 1 N–H and O–H groups in total. The van der Waals surface area contributed by atoms with E-state index in [9.17, 15) is 4.39 Å². The van der Waals surface area contributed by atoms with Crippen LogP contribution in [0.2, 0.25) is 0 Å². The highest BCUT2D eigenvalue weighted by Crippen LogP contribution is 2.30. The van der Waals surface area contributed by atoms with Crippen molar-refractivity contribution in [2.45, 2.75) is 6.92 Å². The van der Waals surface area contributed by atoms with Gasteiger partial charge in [-0.3, -0.25) is 0 Å². The number of fused-ring (bicyclic) bond motifs is 1. The van der Waals surface area contributed by atoms with Gasteiger partial charge in [-0.05, 0) is 55.5 Å². The average Bonchev–Trinajstić information content (AvgIpc) is 3.34. The molecule has 0 fully saturated rings. The van der Waals surface area contributed by atoms with Crippen molar-refractivity contribution in [1.82, 2.24) is 24.1 Å². The van der Waals surface area contributed by atoms with Crippen LogP contribution in [-0.2, 0) is 7.05 Å². The maximum atomic E-state index is 13.3. The number of halogens is 1. The first-order valence-corrected chi connectivity index (χ1v) is 9.54. The lowest BCUT2D eigenvalue weighted by atomic mass is 10.2. The van der Waals surface area contributed by atoms with Gasteiger partial charge in [-0.1, -0.05) is 6.07 Å². The summed E-state index contributed by atoms with van der Waals surface area (Å²) in [5, 5.41) is 3.36. The fraction of sp³-hybridized carbons (Fsp3) is 0.0870. The first-order valence-electron chi connectivity index (χ1n) is 9.54. The van der Waals surface area contributed by atoms with Crippen molar-refractivity contribution in [2.24, 2.45) is 7.05 Å². The van der Waals surface area contributed by atoms with Gasteiger partial charge in [0.1, 0.15) is 23.0 Å². The van der Waals surface area contributed by atoms with Gasteiger partial charge in [0, 0.05) is 18.8 Å². The summed E-state index contributed by atoms with van der Waals surface area (Å²) in [6, 6.07) is 16.2. The Morgan fingerprint density at radius 2 is 1.80 bits per heavy atom. The molecule has 148 valence electrons. The van der Waals surface area contributed by atoms with Gasteiger partial charge in [-0.2, -0.15) is 0 Å². The van der Waals surface area contributed by atoms with Crippen LogP contribution < -0.4 is 5.32 Å². The van der Waals surface area contributed by atoms with E-state index in [1.807, 2.05) is 59.6 Å². The van der Waals surface area contributed by atoms with Crippen molar-refractivity contribution in [1.29, 1.82) is 0 Å². The molecule has 0 aliphatic carbocycles. The van der Waals surface area contributed by atoms with Crippen LogP contribution in [0.5, 0.6) is 0 Å². The largest absolute Gasteiger partial charge is 0.338 e. The number of nitrogens with one attached hydrogen (secondary N) is 1. The third-order valence-corrected chi connectivity index (χ3v) is 5.03. The van der Waals surface area contributed by atoms with Crippen LogP contribution >= 0.6 is 0 Å². The second-order valence-electron chi connectivity index (χ2n) is 7.12. The highest BCUT2D eigenvalue weighted by atomic mass is 19.1. The summed E-state index contributed by atoms with van der Waals surface area (Å²) in [7, 11) is 1.96. The summed E-state index contributed by atoms with van der Waals surface area (Å²) in [4.78, 5) is 13.6. The number of rotatable bonds is 4. The normalized spacial score (nSPS) is 11.2. The second-order valence-corrected chi connectivity index (χ2v) is 7.12. The third-order valence-electron chi connectivity index (χ3n) is 5.03. The number of benzene rings is 2. The van der Waals surface area contributed by atoms with E-state index >= 15 is 0 Å². The Labute approximate surface area is 172 Å². The molecule has 0 atom stereocenters. The van der Waals surface area contributed by atoms with Crippen molar-refractivity contribution in [3.05, 3.63) is 84.8 Å². The number of hydrogen-bond donors (Lipinski definition) is 1. The topological polar surface area (TPSA) is 60.6 Å². The molecule has 5 rings (SSSR count). The number of pyridine rings is 1. The maximum Gasteiger partial charge on any atom is 0.140 e. The minimum Gasteiger partial charge on any atom is -0.338 e. The number of aryl methyl sites for hydroxylation is 2. The van der Waals surface area contributed by atoms with Gasteiger partial charge >= 0.3 is 0 Å². The third kappa shape index (κ3) is 3.20. The van der Waals surface area contributed by atoms with Gasteiger partial charge in [-0.15, -0.1) is 0 Å². The Morgan fingerprint density at radius 3 is 2.50 bits per heavy atom. The first-order chi connectivity index (χ1) is 14.6. The first kappa shape index (κ1) is 18.1. The molecule has 3 heterocycles. The molecule has 0 aliphatic rings. The predicted octanol–water partition coefficient (Wildman–Crippen LogP) is 5.01. The van der Waals surface area contributed by atoms with Gasteiger partial charge in [0.05, 0.1) is 35.1 Å². The van der Waals surface area contributed by atoms with Crippen molar-refractivity contribution >= 4 is 22.5 Å². The summed E-state index contributed by atoms with van der Waals surface area (Å²) in [6.07, 6.45) is 5.52. The molecule has 0 radical (unpaired) electrons. The Hall–Kier alpha value is -4.00. The molecule has 6 nitrogen and oxygen atoms in total. The van der Waals surface area contributed by atoms with Crippen LogP contribution in [0.1, 0.15) is 5.69 Å². The number of imidazole rings is 2. The molecular formula is C23H19FN6. The van der Waals surface area contributed by atoms with E-state index < -0.39 is 0 Å². The van der Waals surface area contributed by atoms with Crippen LogP contribution in [0, 0.1) is 12.7 Å². The van der Waals surface area contributed by atoms with E-state index in [4.69, 9.17) is 4.98 Å². The maximum absolute atomic E-state index is 13.3. The Balaban J connectivity index is 1.49. The van der Waals surface area contributed by atoms with Crippen LogP contribution in [0.3, 0.4) is 0 Å². The van der Waals surface area contributed by atoms with Gasteiger partial charge in [0.15, 0.2) is 0 Å². The number of hydrogen-bond acceptors (Lipinski definition) is 4. The van der Waals surface area contributed by atoms with Gasteiger partial charge < -0.3 is 14.5 Å². The fourth-order valence-electron chi connectivity index (χ4n) is 3.49. The summed E-state index contributed by atoms with van der Waals surface area (Å²) in [5.41, 5.74) is 5.42. The van der Waals surface area contributed by atoms with Crippen molar-refractivity contribution in [3.8, 4) is 17.1 Å². The van der Waals surface area contributed by atoms with Gasteiger partial charge in [-0.25, -0.2) is 19.3 Å². The van der Waals surface area contributed by atoms with E-state index in [1.165, 1.54) is 12.1 Å². The molecule has 0 saturated heterocycles. The monoisotopic (exact) mass is 398 g/mol. The van der Waals surface area contributed by atoms with Crippen LogP contribution in [0.25, 0.3) is 28.1 Å². The quantitative estimate of drug-likeness (QED) is 0.462. The molecule has 30 heavy (non-hydrogen) atoms. The summed E-state index contributed by atoms with van der Waals surface area (Å²) in [5.74, 6) is 1.23. The Morgan fingerprint density at radius 1 is 0.967 bits per heavy atom. The zero-order chi connectivity index (χ0) is 20.7. The number of anilines is 2. The lowest BCUT2D eigenvalue weighted by Crippen LogP contribution is -1.97. The molecule has 2 aromatic carbocycles. The summed E-state index contributed by atoms with van der Waals surface area (Å²) < 4.78 is 17.2. The predicted molar refractivity (Wildman–Crippen MR) is 115 cm³/mol. The molecule has 0 saturated carbocycles. The highest BCUT2D eigenvalue weighted by molar-refractivity contribution is 5.92. The molecule has 5 aromatic rings. The van der Waals surface area contributed by atoms with E-state index in [2.05, 4.69) is 15.3 Å². The highest BCUT2D eigenvalue weighted by Gasteiger charge is 2.13. The molecule has 0 bridgehead atoms. The van der Waals surface area contributed by atoms with Crippen LogP contribution in [0.4, 0.5) is 15.9 Å². The van der Waals surface area contributed by atoms with Crippen LogP contribution in [-0.4, -0.2) is 24.1 Å². The molecule has 0 aliphatic heterocycles. The zero-order valence-electron chi connectivity index (χ0n) is 16.5. The molecule has 0 amide bonds.